The first-order valence-corrected chi connectivity index (χ1v) is 5.59. The van der Waals surface area contributed by atoms with Crippen molar-refractivity contribution in [1.82, 2.24) is 0 Å². The van der Waals surface area contributed by atoms with Crippen molar-refractivity contribution in [3.8, 4) is 0 Å². The van der Waals surface area contributed by atoms with Crippen LogP contribution in [0.2, 0.25) is 5.02 Å². The lowest BCUT2D eigenvalue weighted by Crippen LogP contribution is -2.14. The molecular formula is C13H10ClF3. The van der Waals surface area contributed by atoms with Crippen LogP contribution in [-0.4, -0.2) is 6.18 Å². The normalized spacial score (nSPS) is 16.5. The van der Waals surface area contributed by atoms with Crippen molar-refractivity contribution in [2.75, 3.05) is 0 Å². The van der Waals surface area contributed by atoms with Crippen LogP contribution in [0.15, 0.2) is 42.0 Å². The van der Waals surface area contributed by atoms with Crippen LogP contribution in [0.4, 0.5) is 13.2 Å². The Labute approximate surface area is 102 Å². The Kier molecular flexibility index (Phi) is 3.29. The van der Waals surface area contributed by atoms with E-state index in [9.17, 15) is 13.2 Å². The van der Waals surface area contributed by atoms with Gasteiger partial charge in [-0.2, -0.15) is 13.2 Å². The fourth-order valence-corrected chi connectivity index (χ4v) is 2.01. The predicted molar refractivity (Wildman–Crippen MR) is 62.8 cm³/mol. The van der Waals surface area contributed by atoms with Crippen LogP contribution < -0.4 is 0 Å². The number of alkyl halides is 3. The molecule has 1 aromatic rings. The highest BCUT2D eigenvalue weighted by Crippen LogP contribution is 2.38. The first-order valence-electron chi connectivity index (χ1n) is 5.21. The van der Waals surface area contributed by atoms with Crippen LogP contribution in [0.25, 0.3) is 5.57 Å². The summed E-state index contributed by atoms with van der Waals surface area (Å²) in [4.78, 5) is 0. The Bertz CT molecular complexity index is 466. The molecule has 90 valence electrons. The van der Waals surface area contributed by atoms with E-state index in [-0.39, 0.29) is 0 Å². The van der Waals surface area contributed by atoms with Gasteiger partial charge in [-0.05, 0) is 36.1 Å². The van der Waals surface area contributed by atoms with Crippen LogP contribution >= 0.6 is 11.6 Å². The Hall–Kier alpha value is -1.22. The average Bonchev–Trinajstić information content (AvgIpc) is 2.29. The molecule has 0 atom stereocenters. The number of halogens is 4. The summed E-state index contributed by atoms with van der Waals surface area (Å²) in [7, 11) is 0. The maximum Gasteiger partial charge on any atom is 0.416 e. The maximum absolute atomic E-state index is 12.8. The molecule has 0 unspecified atom stereocenters. The summed E-state index contributed by atoms with van der Waals surface area (Å²) >= 11 is 5.72. The zero-order valence-electron chi connectivity index (χ0n) is 8.89. The third-order valence-corrected chi connectivity index (χ3v) is 2.92. The second-order valence-corrected chi connectivity index (χ2v) is 4.27. The molecule has 17 heavy (non-hydrogen) atoms. The summed E-state index contributed by atoms with van der Waals surface area (Å²) in [5, 5.41) is 0.522. The molecule has 0 aromatic heterocycles. The quantitative estimate of drug-likeness (QED) is 0.664. The van der Waals surface area contributed by atoms with Crippen molar-refractivity contribution in [2.45, 2.75) is 19.0 Å². The second kappa shape index (κ2) is 4.57. The summed E-state index contributed by atoms with van der Waals surface area (Å²) in [5.41, 5.74) is 0.383. The van der Waals surface area contributed by atoms with E-state index in [1.54, 1.807) is 30.3 Å². The third kappa shape index (κ3) is 2.72. The first-order chi connectivity index (χ1) is 7.98. The zero-order valence-corrected chi connectivity index (χ0v) is 9.65. The molecule has 0 radical (unpaired) electrons. The molecule has 0 amide bonds. The Morgan fingerprint density at radius 1 is 1.06 bits per heavy atom. The molecule has 0 fully saturated rings. The molecule has 0 spiro atoms. The van der Waals surface area contributed by atoms with Gasteiger partial charge in [0, 0.05) is 5.02 Å². The second-order valence-electron chi connectivity index (χ2n) is 3.84. The molecule has 1 aliphatic carbocycles. The molecule has 4 heteroatoms. The van der Waals surface area contributed by atoms with Gasteiger partial charge >= 0.3 is 6.18 Å². The molecule has 0 heterocycles. The van der Waals surface area contributed by atoms with E-state index in [1.807, 2.05) is 0 Å². The van der Waals surface area contributed by atoms with E-state index in [1.165, 1.54) is 0 Å². The van der Waals surface area contributed by atoms with Crippen molar-refractivity contribution >= 4 is 17.2 Å². The van der Waals surface area contributed by atoms with Crippen LogP contribution in [0.1, 0.15) is 18.4 Å². The lowest BCUT2D eigenvalue weighted by atomic mass is 9.91. The monoisotopic (exact) mass is 258 g/mol. The van der Waals surface area contributed by atoms with Gasteiger partial charge in [-0.1, -0.05) is 35.9 Å². The molecule has 0 aliphatic heterocycles. The van der Waals surface area contributed by atoms with Crippen molar-refractivity contribution in [2.24, 2.45) is 0 Å². The molecule has 2 rings (SSSR count). The Balaban J connectivity index is 2.50. The summed E-state index contributed by atoms with van der Waals surface area (Å²) in [6.07, 6.45) is -0.536. The maximum atomic E-state index is 12.8. The lowest BCUT2D eigenvalue weighted by Gasteiger charge is -2.18. The summed E-state index contributed by atoms with van der Waals surface area (Å²) in [6.45, 7) is 0. The van der Waals surface area contributed by atoms with E-state index in [0.29, 0.717) is 29.0 Å². The predicted octanol–water partition coefficient (Wildman–Crippen LogP) is 5.01. The number of allylic oxidation sites excluding steroid dienone is 4. The summed E-state index contributed by atoms with van der Waals surface area (Å²) in [5.74, 6) is 0. The highest BCUT2D eigenvalue weighted by atomic mass is 35.5. The van der Waals surface area contributed by atoms with Gasteiger partial charge in [0.1, 0.15) is 0 Å². The van der Waals surface area contributed by atoms with Crippen LogP contribution in [0, 0.1) is 0 Å². The number of benzene rings is 1. The minimum absolute atomic E-state index is 0.344. The fourth-order valence-electron chi connectivity index (χ4n) is 1.88. The largest absolute Gasteiger partial charge is 0.416 e. The van der Waals surface area contributed by atoms with E-state index >= 15 is 0 Å². The lowest BCUT2D eigenvalue weighted by molar-refractivity contribution is -0.0879. The number of hydrogen-bond donors (Lipinski definition) is 0. The average molecular weight is 259 g/mol. The van der Waals surface area contributed by atoms with Crippen molar-refractivity contribution in [3.05, 3.63) is 52.6 Å². The highest BCUT2D eigenvalue weighted by Gasteiger charge is 2.35. The molecule has 0 saturated heterocycles. The molecule has 0 saturated carbocycles. The van der Waals surface area contributed by atoms with Gasteiger partial charge in [-0.3, -0.25) is 0 Å². The minimum Gasteiger partial charge on any atom is -0.166 e. The van der Waals surface area contributed by atoms with Gasteiger partial charge in [0.2, 0.25) is 0 Å². The number of rotatable bonds is 1. The smallest absolute Gasteiger partial charge is 0.166 e. The SMILES string of the molecule is FC(F)(F)C1=C(c2ccc(Cl)cc2)CCC=C1. The van der Waals surface area contributed by atoms with Gasteiger partial charge in [-0.15, -0.1) is 0 Å². The van der Waals surface area contributed by atoms with E-state index in [4.69, 9.17) is 11.6 Å². The topological polar surface area (TPSA) is 0 Å². The summed E-state index contributed by atoms with van der Waals surface area (Å²) < 4.78 is 38.5. The van der Waals surface area contributed by atoms with Gasteiger partial charge in [0.05, 0.1) is 5.57 Å². The van der Waals surface area contributed by atoms with E-state index in [2.05, 4.69) is 0 Å². The minimum atomic E-state index is -4.30. The van der Waals surface area contributed by atoms with Gasteiger partial charge in [0.25, 0.3) is 0 Å². The van der Waals surface area contributed by atoms with Crippen LogP contribution in [0.3, 0.4) is 0 Å². The molecular weight excluding hydrogens is 249 g/mol. The van der Waals surface area contributed by atoms with E-state index in [0.717, 1.165) is 6.08 Å². The molecule has 0 nitrogen and oxygen atoms in total. The Morgan fingerprint density at radius 2 is 1.71 bits per heavy atom. The summed E-state index contributed by atoms with van der Waals surface area (Å²) in [6, 6.07) is 6.47. The van der Waals surface area contributed by atoms with Gasteiger partial charge < -0.3 is 0 Å². The van der Waals surface area contributed by atoms with Crippen molar-refractivity contribution in [3.63, 3.8) is 0 Å². The molecule has 0 N–H and O–H groups in total. The Morgan fingerprint density at radius 3 is 2.29 bits per heavy atom. The van der Waals surface area contributed by atoms with Crippen LogP contribution in [-0.2, 0) is 0 Å². The highest BCUT2D eigenvalue weighted by molar-refractivity contribution is 6.30. The molecule has 1 aromatic carbocycles. The first kappa shape index (κ1) is 12.2. The van der Waals surface area contributed by atoms with Gasteiger partial charge in [0.15, 0.2) is 0 Å². The molecule has 0 bridgehead atoms. The van der Waals surface area contributed by atoms with Crippen molar-refractivity contribution in [1.29, 1.82) is 0 Å². The third-order valence-electron chi connectivity index (χ3n) is 2.67. The standard InChI is InChI=1S/C13H10ClF3/c14-10-7-5-9(6-8-10)11-3-1-2-4-12(11)13(15,16)17/h2,4-8H,1,3H2. The zero-order chi connectivity index (χ0) is 12.5. The fraction of sp³-hybridized carbons (Fsp3) is 0.231. The van der Waals surface area contributed by atoms with E-state index < -0.39 is 11.7 Å². The van der Waals surface area contributed by atoms with Gasteiger partial charge in [-0.25, -0.2) is 0 Å². The number of hydrogen-bond acceptors (Lipinski definition) is 0. The van der Waals surface area contributed by atoms with Crippen LogP contribution in [0.5, 0.6) is 0 Å². The van der Waals surface area contributed by atoms with Crippen molar-refractivity contribution < 1.29 is 13.2 Å². The molecule has 1 aliphatic rings.